The summed E-state index contributed by atoms with van der Waals surface area (Å²) in [5.41, 5.74) is 0. The highest BCUT2D eigenvalue weighted by molar-refractivity contribution is 5.70. The lowest BCUT2D eigenvalue weighted by atomic mass is 10.1. The largest absolute Gasteiger partial charge is 0.444 e. The van der Waals surface area contributed by atoms with Crippen LogP contribution in [0.3, 0.4) is 0 Å². The van der Waals surface area contributed by atoms with Crippen LogP contribution in [0.5, 0.6) is 0 Å². The van der Waals surface area contributed by atoms with E-state index in [1.807, 2.05) is 13.8 Å². The Bertz CT molecular complexity index is 122. The number of amides is 1. The zero-order valence-electron chi connectivity index (χ0n) is 6.39. The van der Waals surface area contributed by atoms with Crippen LogP contribution in [0.2, 0.25) is 0 Å². The van der Waals surface area contributed by atoms with Gasteiger partial charge < -0.3 is 10.1 Å². The van der Waals surface area contributed by atoms with Gasteiger partial charge in [-0.2, -0.15) is 0 Å². The van der Waals surface area contributed by atoms with Crippen LogP contribution in [-0.2, 0) is 4.74 Å². The van der Waals surface area contributed by atoms with Gasteiger partial charge in [0.05, 0.1) is 6.04 Å². The fourth-order valence-corrected chi connectivity index (χ4v) is 1.23. The maximum absolute atomic E-state index is 10.6. The molecule has 1 saturated heterocycles. The molecule has 0 saturated carbocycles. The first kappa shape index (κ1) is 7.38. The standard InChI is InChI=1S/C7H13NO2/c1-3-5-6(4-2)10-7(9)8-5/h5-6H,3-4H2,1-2H3,(H,8,9). The Morgan fingerprint density at radius 3 is 2.60 bits per heavy atom. The maximum Gasteiger partial charge on any atom is 0.407 e. The number of hydrogen-bond acceptors (Lipinski definition) is 2. The predicted octanol–water partition coefficient (Wildman–Crippen LogP) is 1.28. The first-order valence-electron chi connectivity index (χ1n) is 3.75. The second kappa shape index (κ2) is 2.90. The van der Waals surface area contributed by atoms with Gasteiger partial charge in [-0.3, -0.25) is 0 Å². The minimum absolute atomic E-state index is 0.0949. The Morgan fingerprint density at radius 2 is 2.20 bits per heavy atom. The number of hydrogen-bond donors (Lipinski definition) is 1. The maximum atomic E-state index is 10.6. The van der Waals surface area contributed by atoms with Crippen LogP contribution < -0.4 is 5.32 Å². The highest BCUT2D eigenvalue weighted by Crippen LogP contribution is 2.13. The smallest absolute Gasteiger partial charge is 0.407 e. The third kappa shape index (κ3) is 1.23. The van der Waals surface area contributed by atoms with E-state index < -0.39 is 0 Å². The van der Waals surface area contributed by atoms with E-state index in [4.69, 9.17) is 4.74 Å². The Morgan fingerprint density at radius 1 is 1.50 bits per heavy atom. The highest BCUT2D eigenvalue weighted by Gasteiger charge is 2.30. The van der Waals surface area contributed by atoms with Gasteiger partial charge in [-0.05, 0) is 12.8 Å². The van der Waals surface area contributed by atoms with E-state index in [1.54, 1.807) is 0 Å². The van der Waals surface area contributed by atoms with E-state index in [2.05, 4.69) is 5.32 Å². The van der Waals surface area contributed by atoms with E-state index in [9.17, 15) is 4.79 Å². The van der Waals surface area contributed by atoms with Crippen molar-refractivity contribution in [1.82, 2.24) is 5.32 Å². The van der Waals surface area contributed by atoms with Crippen LogP contribution in [0.4, 0.5) is 4.79 Å². The van der Waals surface area contributed by atoms with Crippen LogP contribution in [0.15, 0.2) is 0 Å². The molecule has 0 spiro atoms. The van der Waals surface area contributed by atoms with Gasteiger partial charge in [-0.15, -0.1) is 0 Å². The average molecular weight is 143 g/mol. The summed E-state index contributed by atoms with van der Waals surface area (Å²) in [5, 5.41) is 2.74. The fourth-order valence-electron chi connectivity index (χ4n) is 1.23. The molecule has 0 radical (unpaired) electrons. The van der Waals surface area contributed by atoms with Crippen molar-refractivity contribution in [2.24, 2.45) is 0 Å². The van der Waals surface area contributed by atoms with Crippen LogP contribution in [0.25, 0.3) is 0 Å². The number of nitrogens with one attached hydrogen (secondary N) is 1. The summed E-state index contributed by atoms with van der Waals surface area (Å²) in [6.45, 7) is 4.07. The molecule has 1 rings (SSSR count). The summed E-state index contributed by atoms with van der Waals surface area (Å²) in [5.74, 6) is 0. The van der Waals surface area contributed by atoms with Gasteiger partial charge in [0.25, 0.3) is 0 Å². The number of carbonyl (C=O) groups is 1. The summed E-state index contributed by atoms with van der Waals surface area (Å²) in [7, 11) is 0. The van der Waals surface area contributed by atoms with Crippen molar-refractivity contribution in [2.75, 3.05) is 0 Å². The molecule has 1 aliphatic rings. The molecule has 3 heteroatoms. The molecule has 10 heavy (non-hydrogen) atoms. The molecule has 1 fully saturated rings. The molecule has 2 atom stereocenters. The molecule has 3 nitrogen and oxygen atoms in total. The van der Waals surface area contributed by atoms with E-state index in [-0.39, 0.29) is 18.2 Å². The molecular weight excluding hydrogens is 130 g/mol. The van der Waals surface area contributed by atoms with Gasteiger partial charge in [-0.1, -0.05) is 13.8 Å². The molecule has 0 aromatic carbocycles. The van der Waals surface area contributed by atoms with E-state index in [0.717, 1.165) is 12.8 Å². The number of cyclic esters (lactones) is 1. The predicted molar refractivity (Wildman–Crippen MR) is 37.8 cm³/mol. The van der Waals surface area contributed by atoms with Gasteiger partial charge in [0.2, 0.25) is 0 Å². The van der Waals surface area contributed by atoms with Crippen molar-refractivity contribution < 1.29 is 9.53 Å². The Kier molecular flexibility index (Phi) is 2.14. The second-order valence-corrected chi connectivity index (χ2v) is 2.51. The third-order valence-corrected chi connectivity index (χ3v) is 1.85. The topological polar surface area (TPSA) is 38.3 Å². The summed E-state index contributed by atoms with van der Waals surface area (Å²) in [4.78, 5) is 10.6. The summed E-state index contributed by atoms with van der Waals surface area (Å²) in [6, 6.07) is 0.234. The van der Waals surface area contributed by atoms with Crippen LogP contribution in [0, 0.1) is 0 Å². The first-order valence-corrected chi connectivity index (χ1v) is 3.75. The molecule has 0 bridgehead atoms. The Labute approximate surface area is 60.7 Å². The van der Waals surface area contributed by atoms with Crippen LogP contribution >= 0.6 is 0 Å². The Hall–Kier alpha value is -0.730. The van der Waals surface area contributed by atoms with Crippen molar-refractivity contribution in [1.29, 1.82) is 0 Å². The molecule has 1 amide bonds. The zero-order chi connectivity index (χ0) is 7.56. The van der Waals surface area contributed by atoms with Gasteiger partial charge in [-0.25, -0.2) is 4.79 Å². The summed E-state index contributed by atoms with van der Waals surface area (Å²) < 4.78 is 4.96. The van der Waals surface area contributed by atoms with Crippen molar-refractivity contribution in [2.45, 2.75) is 38.8 Å². The van der Waals surface area contributed by atoms with Crippen LogP contribution in [-0.4, -0.2) is 18.2 Å². The molecule has 58 valence electrons. The molecule has 2 unspecified atom stereocenters. The monoisotopic (exact) mass is 143 g/mol. The molecule has 1 aliphatic heterocycles. The Balaban J connectivity index is 2.48. The first-order chi connectivity index (χ1) is 4.77. The van der Waals surface area contributed by atoms with Gasteiger partial charge in [0, 0.05) is 0 Å². The van der Waals surface area contributed by atoms with Crippen molar-refractivity contribution in [3.05, 3.63) is 0 Å². The van der Waals surface area contributed by atoms with Crippen molar-refractivity contribution >= 4 is 6.09 Å². The zero-order valence-corrected chi connectivity index (χ0v) is 6.39. The lowest BCUT2D eigenvalue weighted by molar-refractivity contribution is 0.128. The molecule has 0 aliphatic carbocycles. The number of ether oxygens (including phenoxy) is 1. The molecular formula is C7H13NO2. The molecule has 0 aromatic rings. The third-order valence-electron chi connectivity index (χ3n) is 1.85. The lowest BCUT2D eigenvalue weighted by Gasteiger charge is -2.11. The summed E-state index contributed by atoms with van der Waals surface area (Å²) in [6.07, 6.45) is 1.68. The SMILES string of the molecule is CCC1NC(=O)OC1CC. The van der Waals surface area contributed by atoms with Crippen molar-refractivity contribution in [3.8, 4) is 0 Å². The van der Waals surface area contributed by atoms with Crippen molar-refractivity contribution in [3.63, 3.8) is 0 Å². The molecule has 0 aromatic heterocycles. The number of alkyl carbamates (subject to hydrolysis) is 1. The second-order valence-electron chi connectivity index (χ2n) is 2.51. The van der Waals surface area contributed by atoms with E-state index in [0.29, 0.717) is 0 Å². The lowest BCUT2D eigenvalue weighted by Crippen LogP contribution is -2.30. The van der Waals surface area contributed by atoms with E-state index >= 15 is 0 Å². The fraction of sp³-hybridized carbons (Fsp3) is 0.857. The quantitative estimate of drug-likeness (QED) is 0.632. The minimum Gasteiger partial charge on any atom is -0.444 e. The average Bonchev–Trinajstić information content (AvgIpc) is 2.30. The van der Waals surface area contributed by atoms with Gasteiger partial charge in [0.1, 0.15) is 6.10 Å². The van der Waals surface area contributed by atoms with Crippen LogP contribution in [0.1, 0.15) is 26.7 Å². The molecule has 1 N–H and O–H groups in total. The number of carbonyl (C=O) groups excluding carboxylic acids is 1. The normalized spacial score (nSPS) is 31.6. The summed E-state index contributed by atoms with van der Waals surface area (Å²) >= 11 is 0. The molecule has 1 heterocycles. The van der Waals surface area contributed by atoms with Gasteiger partial charge >= 0.3 is 6.09 Å². The number of rotatable bonds is 2. The van der Waals surface area contributed by atoms with E-state index in [1.165, 1.54) is 0 Å². The highest BCUT2D eigenvalue weighted by atomic mass is 16.6. The van der Waals surface area contributed by atoms with Gasteiger partial charge in [0.15, 0.2) is 0 Å². The minimum atomic E-state index is -0.265.